The molecule has 1 aliphatic carbocycles. The number of rotatable bonds is 9. The van der Waals surface area contributed by atoms with Gasteiger partial charge in [-0.05, 0) is 25.7 Å². The average molecular weight is 264 g/mol. The first-order chi connectivity index (χ1) is 8.07. The topological polar surface area (TPSA) is 60.9 Å². The van der Waals surface area contributed by atoms with Gasteiger partial charge >= 0.3 is 0 Å². The van der Waals surface area contributed by atoms with Crippen LogP contribution in [0, 0.1) is 0 Å². The third-order valence-corrected chi connectivity index (χ3v) is 4.93. The molecule has 1 fully saturated rings. The summed E-state index contributed by atoms with van der Waals surface area (Å²) in [5.41, 5.74) is 0. The zero-order valence-corrected chi connectivity index (χ0v) is 11.6. The van der Waals surface area contributed by atoms with E-state index in [9.17, 15) is 8.42 Å². The van der Waals surface area contributed by atoms with Crippen LogP contribution in [0.5, 0.6) is 0 Å². The molecule has 1 aliphatic rings. The lowest BCUT2D eigenvalue weighted by Gasteiger charge is -2.29. The lowest BCUT2D eigenvalue weighted by Crippen LogP contribution is -2.46. The van der Waals surface area contributed by atoms with Gasteiger partial charge in [-0.15, -0.1) is 0 Å². The minimum Gasteiger partial charge on any atom is -0.395 e. The van der Waals surface area contributed by atoms with Crippen molar-refractivity contribution in [1.29, 1.82) is 0 Å². The minimum atomic E-state index is -3.38. The SMILES string of the molecule is CCCN(CCC)S(=O)(=O)N(CCO)C1CC1. The van der Waals surface area contributed by atoms with Crippen molar-refractivity contribution < 1.29 is 13.5 Å². The first-order valence-electron chi connectivity index (χ1n) is 6.45. The highest BCUT2D eigenvalue weighted by atomic mass is 32.2. The Bertz CT molecular complexity index is 309. The van der Waals surface area contributed by atoms with Gasteiger partial charge < -0.3 is 5.11 Å². The molecule has 102 valence electrons. The zero-order chi connectivity index (χ0) is 12.9. The summed E-state index contributed by atoms with van der Waals surface area (Å²) in [4.78, 5) is 0. The predicted octanol–water partition coefficient (Wildman–Crippen LogP) is 0.810. The van der Waals surface area contributed by atoms with Crippen LogP contribution in [-0.4, -0.2) is 54.4 Å². The molecule has 1 saturated carbocycles. The molecule has 0 bridgehead atoms. The highest BCUT2D eigenvalue weighted by molar-refractivity contribution is 7.86. The molecule has 0 atom stereocenters. The maximum atomic E-state index is 12.4. The molecule has 0 radical (unpaired) electrons. The van der Waals surface area contributed by atoms with Gasteiger partial charge in [-0.2, -0.15) is 17.0 Å². The van der Waals surface area contributed by atoms with Crippen LogP contribution in [0.2, 0.25) is 0 Å². The maximum Gasteiger partial charge on any atom is 0.282 e. The van der Waals surface area contributed by atoms with Gasteiger partial charge in [0, 0.05) is 25.7 Å². The summed E-state index contributed by atoms with van der Waals surface area (Å²) in [5.74, 6) is 0. The van der Waals surface area contributed by atoms with Crippen molar-refractivity contribution >= 4 is 10.2 Å². The first-order valence-corrected chi connectivity index (χ1v) is 7.85. The van der Waals surface area contributed by atoms with E-state index in [1.54, 1.807) is 4.31 Å². The van der Waals surface area contributed by atoms with E-state index in [4.69, 9.17) is 5.11 Å². The fraction of sp³-hybridized carbons (Fsp3) is 1.00. The van der Waals surface area contributed by atoms with Gasteiger partial charge in [-0.25, -0.2) is 0 Å². The Morgan fingerprint density at radius 3 is 2.00 bits per heavy atom. The molecule has 1 rings (SSSR count). The van der Waals surface area contributed by atoms with Gasteiger partial charge in [-0.3, -0.25) is 0 Å². The van der Waals surface area contributed by atoms with Crippen molar-refractivity contribution in [1.82, 2.24) is 8.61 Å². The fourth-order valence-corrected chi connectivity index (χ4v) is 3.96. The Kier molecular flexibility index (Phi) is 5.85. The van der Waals surface area contributed by atoms with Crippen LogP contribution in [0.15, 0.2) is 0 Å². The van der Waals surface area contributed by atoms with E-state index < -0.39 is 10.2 Å². The Hall–Kier alpha value is -0.170. The van der Waals surface area contributed by atoms with E-state index in [1.165, 1.54) is 4.31 Å². The summed E-state index contributed by atoms with van der Waals surface area (Å²) in [6.07, 6.45) is 3.48. The Labute approximate surface area is 105 Å². The average Bonchev–Trinajstić information content (AvgIpc) is 3.09. The van der Waals surface area contributed by atoms with Crippen LogP contribution in [0.4, 0.5) is 0 Å². The van der Waals surface area contributed by atoms with Gasteiger partial charge in [0.25, 0.3) is 10.2 Å². The molecule has 0 spiro atoms. The smallest absolute Gasteiger partial charge is 0.282 e. The van der Waals surface area contributed by atoms with Crippen molar-refractivity contribution in [3.05, 3.63) is 0 Å². The number of hydrogen-bond acceptors (Lipinski definition) is 3. The molecule has 0 heterocycles. The fourth-order valence-electron chi connectivity index (χ4n) is 1.94. The van der Waals surface area contributed by atoms with E-state index in [-0.39, 0.29) is 19.2 Å². The van der Waals surface area contributed by atoms with Crippen LogP contribution in [0.3, 0.4) is 0 Å². The van der Waals surface area contributed by atoms with Gasteiger partial charge in [0.2, 0.25) is 0 Å². The van der Waals surface area contributed by atoms with Crippen molar-refractivity contribution in [2.45, 2.75) is 45.6 Å². The van der Waals surface area contributed by atoms with Gasteiger partial charge in [0.15, 0.2) is 0 Å². The summed E-state index contributed by atoms with van der Waals surface area (Å²) in [7, 11) is -3.38. The van der Waals surface area contributed by atoms with E-state index in [2.05, 4.69) is 0 Å². The molecule has 0 aromatic carbocycles. The monoisotopic (exact) mass is 264 g/mol. The van der Waals surface area contributed by atoms with Crippen LogP contribution < -0.4 is 0 Å². The Balaban J connectivity index is 2.79. The van der Waals surface area contributed by atoms with Gasteiger partial charge in [0.1, 0.15) is 0 Å². The molecule has 1 N–H and O–H groups in total. The van der Waals surface area contributed by atoms with E-state index >= 15 is 0 Å². The highest BCUT2D eigenvalue weighted by Crippen LogP contribution is 2.30. The summed E-state index contributed by atoms with van der Waals surface area (Å²) in [5, 5.41) is 8.99. The van der Waals surface area contributed by atoms with Gasteiger partial charge in [-0.1, -0.05) is 13.8 Å². The van der Waals surface area contributed by atoms with E-state index in [0.717, 1.165) is 25.7 Å². The maximum absolute atomic E-state index is 12.4. The third kappa shape index (κ3) is 3.91. The number of aliphatic hydroxyl groups is 1. The summed E-state index contributed by atoms with van der Waals surface area (Å²) >= 11 is 0. The van der Waals surface area contributed by atoms with Crippen LogP contribution in [-0.2, 0) is 10.2 Å². The number of hydrogen-bond donors (Lipinski definition) is 1. The molecule has 0 aromatic heterocycles. The zero-order valence-electron chi connectivity index (χ0n) is 10.8. The Morgan fingerprint density at radius 2 is 1.65 bits per heavy atom. The number of aliphatic hydroxyl groups excluding tert-OH is 1. The second kappa shape index (κ2) is 6.68. The van der Waals surface area contributed by atoms with Crippen molar-refractivity contribution in [2.24, 2.45) is 0 Å². The van der Waals surface area contributed by atoms with Crippen molar-refractivity contribution in [3.63, 3.8) is 0 Å². The molecule has 0 aliphatic heterocycles. The summed E-state index contributed by atoms with van der Waals surface area (Å²) in [6, 6.07) is 0.114. The predicted molar refractivity (Wildman–Crippen MR) is 67.9 cm³/mol. The second-order valence-electron chi connectivity index (χ2n) is 4.47. The molecular formula is C11H24N2O3S. The molecular weight excluding hydrogens is 240 g/mol. The van der Waals surface area contributed by atoms with Crippen LogP contribution in [0.1, 0.15) is 39.5 Å². The standard InChI is InChI=1S/C11H24N2O3S/c1-3-7-12(8-4-2)17(15,16)13(9-10-14)11-5-6-11/h11,14H,3-10H2,1-2H3. The molecule has 5 nitrogen and oxygen atoms in total. The summed E-state index contributed by atoms with van der Waals surface area (Å²) < 4.78 is 27.9. The van der Waals surface area contributed by atoms with Crippen molar-refractivity contribution in [2.75, 3.05) is 26.2 Å². The highest BCUT2D eigenvalue weighted by Gasteiger charge is 2.39. The van der Waals surface area contributed by atoms with Gasteiger partial charge in [0.05, 0.1) is 6.61 Å². The van der Waals surface area contributed by atoms with E-state index in [0.29, 0.717) is 13.1 Å². The Morgan fingerprint density at radius 1 is 1.12 bits per heavy atom. The molecule has 6 heteroatoms. The minimum absolute atomic E-state index is 0.109. The largest absolute Gasteiger partial charge is 0.395 e. The van der Waals surface area contributed by atoms with Crippen LogP contribution >= 0.6 is 0 Å². The molecule has 17 heavy (non-hydrogen) atoms. The molecule has 0 saturated heterocycles. The first kappa shape index (κ1) is 14.9. The molecule has 0 aromatic rings. The summed E-state index contributed by atoms with van der Waals surface area (Å²) in [6.45, 7) is 5.19. The second-order valence-corrected chi connectivity index (χ2v) is 6.35. The lowest BCUT2D eigenvalue weighted by atomic mass is 10.4. The lowest BCUT2D eigenvalue weighted by molar-refractivity contribution is 0.239. The number of nitrogens with zero attached hydrogens (tertiary/aromatic N) is 2. The quantitative estimate of drug-likeness (QED) is 0.670. The van der Waals surface area contributed by atoms with Crippen LogP contribution in [0.25, 0.3) is 0 Å². The molecule has 0 amide bonds. The third-order valence-electron chi connectivity index (χ3n) is 2.84. The van der Waals surface area contributed by atoms with Crippen molar-refractivity contribution in [3.8, 4) is 0 Å². The normalized spacial score (nSPS) is 17.0. The van der Waals surface area contributed by atoms with E-state index in [1.807, 2.05) is 13.8 Å². The molecule has 0 unspecified atom stereocenters.